The molecule has 0 saturated heterocycles. The second kappa shape index (κ2) is 14.7. The van der Waals surface area contributed by atoms with Gasteiger partial charge in [-0.2, -0.15) is 0 Å². The van der Waals surface area contributed by atoms with E-state index in [-0.39, 0.29) is 30.6 Å². The van der Waals surface area contributed by atoms with Crippen molar-refractivity contribution < 1.29 is 18.4 Å². The zero-order valence-corrected chi connectivity index (χ0v) is 19.3. The van der Waals surface area contributed by atoms with Crippen molar-refractivity contribution in [2.24, 2.45) is 0 Å². The minimum atomic E-state index is -0.833. The van der Waals surface area contributed by atoms with E-state index in [1.165, 1.54) is 11.0 Å². The van der Waals surface area contributed by atoms with Crippen LogP contribution in [0.2, 0.25) is 0 Å². The molecule has 1 aromatic rings. The molecule has 31 heavy (non-hydrogen) atoms. The minimum absolute atomic E-state index is 0.0642. The summed E-state index contributed by atoms with van der Waals surface area (Å²) in [6.07, 6.45) is 3.72. The van der Waals surface area contributed by atoms with Crippen molar-refractivity contribution in [1.82, 2.24) is 15.1 Å². The van der Waals surface area contributed by atoms with Gasteiger partial charge in [0.15, 0.2) is 0 Å². The quantitative estimate of drug-likeness (QED) is 0.444. The van der Waals surface area contributed by atoms with Gasteiger partial charge in [0.2, 0.25) is 5.91 Å². The van der Waals surface area contributed by atoms with E-state index in [0.29, 0.717) is 6.54 Å². The molecule has 0 saturated carbocycles. The van der Waals surface area contributed by atoms with E-state index in [0.717, 1.165) is 57.5 Å². The first-order valence-corrected chi connectivity index (χ1v) is 11.3. The van der Waals surface area contributed by atoms with Crippen molar-refractivity contribution in [2.75, 3.05) is 38.0 Å². The Hall–Kier alpha value is -2.22. The molecule has 2 N–H and O–H groups in total. The second-order valence-corrected chi connectivity index (χ2v) is 7.78. The predicted octanol–water partition coefficient (Wildman–Crippen LogP) is 4.62. The summed E-state index contributed by atoms with van der Waals surface area (Å²) in [6.45, 7) is 12.0. The zero-order chi connectivity index (χ0) is 23.2. The number of halogens is 2. The predicted molar refractivity (Wildman–Crippen MR) is 121 cm³/mol. The van der Waals surface area contributed by atoms with E-state index in [9.17, 15) is 18.4 Å². The summed E-state index contributed by atoms with van der Waals surface area (Å²) in [7, 11) is 0. The molecular weight excluding hydrogens is 402 g/mol. The number of rotatable bonds is 14. The Morgan fingerprint density at radius 2 is 1.74 bits per heavy atom. The summed E-state index contributed by atoms with van der Waals surface area (Å²) >= 11 is 0. The average Bonchev–Trinajstić information content (AvgIpc) is 2.73. The Balaban J connectivity index is 2.51. The molecule has 0 radical (unpaired) electrons. The van der Waals surface area contributed by atoms with Crippen LogP contribution in [0.5, 0.6) is 0 Å². The highest BCUT2D eigenvalue weighted by atomic mass is 19.1. The summed E-state index contributed by atoms with van der Waals surface area (Å²) in [5, 5.41) is 5.46. The Morgan fingerprint density at radius 3 is 2.35 bits per heavy atom. The lowest BCUT2D eigenvalue weighted by Gasteiger charge is -2.24. The summed E-state index contributed by atoms with van der Waals surface area (Å²) in [5.74, 6) is -1.65. The van der Waals surface area contributed by atoms with Crippen LogP contribution < -0.4 is 10.6 Å². The van der Waals surface area contributed by atoms with Crippen LogP contribution in [0.4, 0.5) is 19.3 Å². The Kier molecular flexibility index (Phi) is 12.7. The number of carbonyl (C=O) groups is 2. The van der Waals surface area contributed by atoms with Crippen molar-refractivity contribution in [3.63, 3.8) is 0 Å². The van der Waals surface area contributed by atoms with Gasteiger partial charge >= 0.3 is 6.03 Å². The number of amides is 3. The third-order valence-electron chi connectivity index (χ3n) is 5.26. The van der Waals surface area contributed by atoms with E-state index < -0.39 is 17.7 Å². The lowest BCUT2D eigenvalue weighted by atomic mass is 10.1. The molecule has 0 fully saturated rings. The van der Waals surface area contributed by atoms with Gasteiger partial charge in [-0.25, -0.2) is 13.6 Å². The molecule has 0 aliphatic heterocycles. The van der Waals surface area contributed by atoms with Crippen LogP contribution in [0.25, 0.3) is 0 Å². The lowest BCUT2D eigenvalue weighted by Crippen LogP contribution is -2.40. The van der Waals surface area contributed by atoms with Gasteiger partial charge in [0.1, 0.15) is 11.6 Å². The van der Waals surface area contributed by atoms with Crippen molar-refractivity contribution in [3.8, 4) is 0 Å². The van der Waals surface area contributed by atoms with Gasteiger partial charge in [0.25, 0.3) is 0 Å². The number of anilines is 1. The number of benzene rings is 1. The van der Waals surface area contributed by atoms with Crippen molar-refractivity contribution in [3.05, 3.63) is 29.8 Å². The number of urea groups is 1. The molecule has 1 rings (SSSR count). The molecule has 0 heterocycles. The van der Waals surface area contributed by atoms with Crippen LogP contribution in [0.1, 0.15) is 59.8 Å². The molecule has 0 aliphatic rings. The maximum atomic E-state index is 13.8. The molecule has 0 aliphatic carbocycles. The SMILES string of the molecule is CCCCN(CCC(=O)NC(C)CCCN(CC)CC)C(=O)Nc1ccc(F)cc1F. The van der Waals surface area contributed by atoms with Crippen LogP contribution in [0, 0.1) is 11.6 Å². The lowest BCUT2D eigenvalue weighted by molar-refractivity contribution is -0.121. The molecule has 1 aromatic carbocycles. The minimum Gasteiger partial charge on any atom is -0.354 e. The van der Waals surface area contributed by atoms with E-state index >= 15 is 0 Å². The first-order chi connectivity index (χ1) is 14.8. The molecule has 1 atom stereocenters. The standard InChI is InChI=1S/C23H38F2N4O2/c1-5-8-15-29(23(31)27-21-12-11-19(24)17-20(21)25)16-13-22(30)26-18(4)10-9-14-28(6-2)7-3/h11-12,17-18H,5-10,13-16H2,1-4H3,(H,26,30)(H,27,31). The smallest absolute Gasteiger partial charge is 0.321 e. The van der Waals surface area contributed by atoms with Gasteiger partial charge in [-0.3, -0.25) is 4.79 Å². The first kappa shape index (κ1) is 26.8. The molecule has 0 aromatic heterocycles. The van der Waals surface area contributed by atoms with E-state index in [2.05, 4.69) is 29.4 Å². The Morgan fingerprint density at radius 1 is 1.03 bits per heavy atom. The Bertz CT molecular complexity index is 684. The molecular formula is C23H38F2N4O2. The summed E-state index contributed by atoms with van der Waals surface area (Å²) in [6, 6.07) is 2.56. The number of unbranched alkanes of at least 4 members (excludes halogenated alkanes) is 1. The van der Waals surface area contributed by atoms with Crippen molar-refractivity contribution in [1.29, 1.82) is 0 Å². The zero-order valence-electron chi connectivity index (χ0n) is 19.3. The number of hydrogen-bond acceptors (Lipinski definition) is 3. The summed E-state index contributed by atoms with van der Waals surface area (Å²) < 4.78 is 26.9. The van der Waals surface area contributed by atoms with Crippen LogP contribution >= 0.6 is 0 Å². The fourth-order valence-corrected chi connectivity index (χ4v) is 3.27. The second-order valence-electron chi connectivity index (χ2n) is 7.78. The molecule has 3 amide bonds. The maximum Gasteiger partial charge on any atom is 0.321 e. The summed E-state index contributed by atoms with van der Waals surface area (Å²) in [4.78, 5) is 28.7. The topological polar surface area (TPSA) is 64.7 Å². The van der Waals surface area contributed by atoms with E-state index in [1.807, 2.05) is 13.8 Å². The maximum absolute atomic E-state index is 13.8. The third kappa shape index (κ3) is 10.6. The summed E-state index contributed by atoms with van der Waals surface area (Å²) in [5.41, 5.74) is -0.0841. The van der Waals surface area contributed by atoms with Crippen molar-refractivity contribution >= 4 is 17.6 Å². The molecule has 1 unspecified atom stereocenters. The third-order valence-corrected chi connectivity index (χ3v) is 5.26. The monoisotopic (exact) mass is 440 g/mol. The molecule has 8 heteroatoms. The van der Waals surface area contributed by atoms with Gasteiger partial charge in [0.05, 0.1) is 5.69 Å². The molecule has 0 spiro atoms. The van der Waals surface area contributed by atoms with E-state index in [1.54, 1.807) is 0 Å². The number of nitrogens with one attached hydrogen (secondary N) is 2. The van der Waals surface area contributed by atoms with Gasteiger partial charge in [-0.15, -0.1) is 0 Å². The largest absolute Gasteiger partial charge is 0.354 e. The average molecular weight is 441 g/mol. The van der Waals surface area contributed by atoms with Gasteiger partial charge in [0, 0.05) is 31.6 Å². The van der Waals surface area contributed by atoms with Crippen LogP contribution in [-0.4, -0.2) is 60.5 Å². The highest BCUT2D eigenvalue weighted by molar-refractivity contribution is 5.89. The van der Waals surface area contributed by atoms with Crippen LogP contribution in [0.3, 0.4) is 0 Å². The normalized spacial score (nSPS) is 12.0. The molecule has 0 bridgehead atoms. The van der Waals surface area contributed by atoms with E-state index in [4.69, 9.17) is 0 Å². The van der Waals surface area contributed by atoms with Gasteiger partial charge < -0.3 is 20.4 Å². The van der Waals surface area contributed by atoms with Gasteiger partial charge in [-0.1, -0.05) is 27.2 Å². The number of carbonyl (C=O) groups excluding carboxylic acids is 2. The number of nitrogens with zero attached hydrogens (tertiary/aromatic N) is 2. The first-order valence-electron chi connectivity index (χ1n) is 11.3. The molecule has 6 nitrogen and oxygen atoms in total. The Labute approximate surface area is 185 Å². The highest BCUT2D eigenvalue weighted by Crippen LogP contribution is 2.16. The fourth-order valence-electron chi connectivity index (χ4n) is 3.27. The van der Waals surface area contributed by atoms with Crippen LogP contribution in [-0.2, 0) is 4.79 Å². The fraction of sp³-hybridized carbons (Fsp3) is 0.652. The van der Waals surface area contributed by atoms with Crippen LogP contribution in [0.15, 0.2) is 18.2 Å². The molecule has 176 valence electrons. The highest BCUT2D eigenvalue weighted by Gasteiger charge is 2.17. The van der Waals surface area contributed by atoms with Gasteiger partial charge in [-0.05, 0) is 58.0 Å². The van der Waals surface area contributed by atoms with Crippen molar-refractivity contribution in [2.45, 2.75) is 65.8 Å². The number of hydrogen-bond donors (Lipinski definition) is 2.